The third kappa shape index (κ3) is 3.48. The summed E-state index contributed by atoms with van der Waals surface area (Å²) in [6.07, 6.45) is 1.75. The van der Waals surface area contributed by atoms with Gasteiger partial charge >= 0.3 is 0 Å². The molecule has 0 fully saturated rings. The van der Waals surface area contributed by atoms with Gasteiger partial charge in [-0.05, 0) is 26.8 Å². The zero-order chi connectivity index (χ0) is 16.3. The largest absolute Gasteiger partial charge is 0.351 e. The van der Waals surface area contributed by atoms with Gasteiger partial charge in [0.2, 0.25) is 0 Å². The van der Waals surface area contributed by atoms with Crippen molar-refractivity contribution in [3.63, 3.8) is 0 Å². The number of nitrogens with one attached hydrogen (secondary N) is 1. The van der Waals surface area contributed by atoms with Crippen LogP contribution in [0.2, 0.25) is 5.02 Å². The van der Waals surface area contributed by atoms with Gasteiger partial charge in [0, 0.05) is 24.8 Å². The average molecular weight is 321 g/mol. The Bertz CT molecular complexity index is 673. The highest BCUT2D eigenvalue weighted by atomic mass is 35.5. The predicted octanol–water partition coefficient (Wildman–Crippen LogP) is 2.65. The van der Waals surface area contributed by atoms with Crippen LogP contribution in [0, 0.1) is 0 Å². The lowest BCUT2D eigenvalue weighted by Gasteiger charge is -2.18. The zero-order valence-electron chi connectivity index (χ0n) is 13.1. The summed E-state index contributed by atoms with van der Waals surface area (Å²) in [6, 6.07) is 7.37. The minimum atomic E-state index is -0.234. The van der Waals surface area contributed by atoms with Gasteiger partial charge in [0.05, 0.1) is 16.1 Å². The number of carbonyl (C=O) groups is 1. The lowest BCUT2D eigenvalue weighted by molar-refractivity contribution is 0.0955. The first-order valence-corrected chi connectivity index (χ1v) is 7.55. The van der Waals surface area contributed by atoms with Gasteiger partial charge in [-0.3, -0.25) is 9.48 Å². The summed E-state index contributed by atoms with van der Waals surface area (Å²) in [6.45, 7) is 6.88. The third-order valence-electron chi connectivity index (χ3n) is 3.21. The van der Waals surface area contributed by atoms with Crippen molar-refractivity contribution in [3.05, 3.63) is 41.0 Å². The number of benzene rings is 1. The van der Waals surface area contributed by atoms with Crippen molar-refractivity contribution >= 4 is 17.5 Å². The highest BCUT2D eigenvalue weighted by molar-refractivity contribution is 6.33. The van der Waals surface area contributed by atoms with Gasteiger partial charge in [0.25, 0.3) is 5.91 Å². The average Bonchev–Trinajstić information content (AvgIpc) is 2.90. The van der Waals surface area contributed by atoms with Crippen LogP contribution >= 0.6 is 11.6 Å². The van der Waals surface area contributed by atoms with Crippen molar-refractivity contribution in [1.29, 1.82) is 0 Å². The van der Waals surface area contributed by atoms with Crippen molar-refractivity contribution in [2.24, 2.45) is 5.73 Å². The van der Waals surface area contributed by atoms with Crippen LogP contribution in [0.1, 0.15) is 31.1 Å². The Labute approximate surface area is 135 Å². The van der Waals surface area contributed by atoms with Crippen molar-refractivity contribution in [1.82, 2.24) is 15.1 Å². The molecule has 0 aliphatic heterocycles. The maximum atomic E-state index is 12.4. The molecule has 22 heavy (non-hydrogen) atoms. The van der Waals surface area contributed by atoms with Crippen molar-refractivity contribution in [2.75, 3.05) is 13.1 Å². The molecular weight excluding hydrogens is 300 g/mol. The fourth-order valence-electron chi connectivity index (χ4n) is 2.02. The summed E-state index contributed by atoms with van der Waals surface area (Å²) in [4.78, 5) is 12.4. The van der Waals surface area contributed by atoms with Crippen molar-refractivity contribution in [3.8, 4) is 11.3 Å². The molecule has 1 amide bonds. The van der Waals surface area contributed by atoms with E-state index in [1.54, 1.807) is 16.9 Å². The number of nitrogens with zero attached hydrogens (tertiary/aromatic N) is 2. The minimum Gasteiger partial charge on any atom is -0.351 e. The molecule has 1 aromatic heterocycles. The maximum Gasteiger partial charge on any atom is 0.255 e. The molecule has 118 valence electrons. The number of nitrogens with two attached hydrogens (primary N) is 1. The predicted molar refractivity (Wildman–Crippen MR) is 89.1 cm³/mol. The van der Waals surface area contributed by atoms with Gasteiger partial charge < -0.3 is 11.1 Å². The van der Waals surface area contributed by atoms with Crippen LogP contribution in [0.4, 0.5) is 0 Å². The first-order valence-electron chi connectivity index (χ1n) is 7.18. The Balaban J connectivity index is 2.54. The van der Waals surface area contributed by atoms with Gasteiger partial charge in [-0.25, -0.2) is 0 Å². The lowest BCUT2D eigenvalue weighted by Crippen LogP contribution is -2.29. The first kappa shape index (κ1) is 16.5. The second-order valence-electron chi connectivity index (χ2n) is 6.03. The van der Waals surface area contributed by atoms with Gasteiger partial charge in [-0.1, -0.05) is 29.8 Å². The van der Waals surface area contributed by atoms with Crippen molar-refractivity contribution < 1.29 is 4.79 Å². The third-order valence-corrected chi connectivity index (χ3v) is 3.53. The molecule has 0 spiro atoms. The number of amides is 1. The van der Waals surface area contributed by atoms with E-state index in [4.69, 9.17) is 17.3 Å². The molecule has 0 aliphatic carbocycles. The maximum absolute atomic E-state index is 12.4. The van der Waals surface area contributed by atoms with Crippen molar-refractivity contribution in [2.45, 2.75) is 26.3 Å². The fraction of sp³-hybridized carbons (Fsp3) is 0.375. The Hall–Kier alpha value is -1.85. The second kappa shape index (κ2) is 6.50. The Morgan fingerprint density at radius 2 is 2.05 bits per heavy atom. The number of aromatic nitrogens is 2. The second-order valence-corrected chi connectivity index (χ2v) is 6.44. The molecule has 0 radical (unpaired) electrons. The molecule has 0 saturated heterocycles. The summed E-state index contributed by atoms with van der Waals surface area (Å²) in [7, 11) is 0. The van der Waals surface area contributed by atoms with Crippen LogP contribution in [0.15, 0.2) is 30.5 Å². The Kier molecular flexibility index (Phi) is 4.88. The standard InChI is InChI=1S/C16H21ClN4O/c1-16(2,3)21-10-12(15(22)19-9-8-18)14(20-21)11-6-4-5-7-13(11)17/h4-7,10H,8-9,18H2,1-3H3,(H,19,22). The quantitative estimate of drug-likeness (QED) is 0.909. The van der Waals surface area contributed by atoms with E-state index < -0.39 is 0 Å². The molecule has 6 heteroatoms. The van der Waals surface area contributed by atoms with E-state index in [0.717, 1.165) is 5.56 Å². The lowest BCUT2D eigenvalue weighted by atomic mass is 10.1. The van der Waals surface area contributed by atoms with E-state index >= 15 is 0 Å². The number of hydrogen-bond acceptors (Lipinski definition) is 3. The molecule has 2 rings (SSSR count). The minimum absolute atomic E-state index is 0.198. The van der Waals surface area contributed by atoms with Crippen LogP contribution in [0.25, 0.3) is 11.3 Å². The highest BCUT2D eigenvalue weighted by Crippen LogP contribution is 2.30. The fourth-order valence-corrected chi connectivity index (χ4v) is 2.24. The van der Waals surface area contributed by atoms with Crippen LogP contribution in [-0.4, -0.2) is 28.8 Å². The molecule has 0 unspecified atom stereocenters. The summed E-state index contributed by atoms with van der Waals surface area (Å²) in [5, 5.41) is 7.93. The molecule has 1 heterocycles. The summed E-state index contributed by atoms with van der Waals surface area (Å²) in [5.74, 6) is -0.198. The Morgan fingerprint density at radius 1 is 1.36 bits per heavy atom. The number of hydrogen-bond donors (Lipinski definition) is 2. The molecule has 0 aliphatic rings. The molecule has 0 saturated carbocycles. The smallest absolute Gasteiger partial charge is 0.255 e. The normalized spacial score (nSPS) is 11.5. The monoisotopic (exact) mass is 320 g/mol. The summed E-state index contributed by atoms with van der Waals surface area (Å²) >= 11 is 6.26. The number of carbonyl (C=O) groups excluding carboxylic acids is 1. The molecule has 0 bridgehead atoms. The van der Waals surface area contributed by atoms with Crippen LogP contribution in [-0.2, 0) is 5.54 Å². The molecule has 3 N–H and O–H groups in total. The van der Waals surface area contributed by atoms with Crippen LogP contribution < -0.4 is 11.1 Å². The van der Waals surface area contributed by atoms with Gasteiger partial charge in [-0.2, -0.15) is 5.10 Å². The molecular formula is C16H21ClN4O. The SMILES string of the molecule is CC(C)(C)n1cc(C(=O)NCCN)c(-c2ccccc2Cl)n1. The summed E-state index contributed by atoms with van der Waals surface area (Å²) < 4.78 is 1.78. The number of halogens is 1. The van der Waals surface area contributed by atoms with Gasteiger partial charge in [0.1, 0.15) is 5.69 Å². The molecule has 5 nitrogen and oxygen atoms in total. The van der Waals surface area contributed by atoms with E-state index in [1.165, 1.54) is 0 Å². The summed E-state index contributed by atoms with van der Waals surface area (Å²) in [5.41, 5.74) is 7.03. The van der Waals surface area contributed by atoms with Crippen LogP contribution in [0.3, 0.4) is 0 Å². The van der Waals surface area contributed by atoms with E-state index in [0.29, 0.717) is 29.4 Å². The van der Waals surface area contributed by atoms with E-state index in [-0.39, 0.29) is 11.4 Å². The molecule has 0 atom stereocenters. The van der Waals surface area contributed by atoms with Gasteiger partial charge in [0.15, 0.2) is 0 Å². The van der Waals surface area contributed by atoms with E-state index in [1.807, 2.05) is 39.0 Å². The van der Waals surface area contributed by atoms with Gasteiger partial charge in [-0.15, -0.1) is 0 Å². The van der Waals surface area contributed by atoms with E-state index in [9.17, 15) is 4.79 Å². The highest BCUT2D eigenvalue weighted by Gasteiger charge is 2.23. The molecule has 2 aromatic rings. The zero-order valence-corrected chi connectivity index (χ0v) is 13.8. The number of rotatable bonds is 4. The van der Waals surface area contributed by atoms with Crippen LogP contribution in [0.5, 0.6) is 0 Å². The first-order chi connectivity index (χ1) is 10.3. The van der Waals surface area contributed by atoms with E-state index in [2.05, 4.69) is 10.4 Å². The topological polar surface area (TPSA) is 72.9 Å². The molecule has 1 aromatic carbocycles. The Morgan fingerprint density at radius 3 is 2.64 bits per heavy atom.